The second kappa shape index (κ2) is 9.54. The van der Waals surface area contributed by atoms with Crippen molar-refractivity contribution in [3.8, 4) is 33.0 Å². The van der Waals surface area contributed by atoms with E-state index in [0.717, 1.165) is 21.1 Å². The molecule has 12 heteroatoms. The summed E-state index contributed by atoms with van der Waals surface area (Å²) < 4.78 is 33.1. The monoisotopic (exact) mass is 549 g/mol. The number of rotatable bonds is 7. The van der Waals surface area contributed by atoms with Crippen molar-refractivity contribution in [2.45, 2.75) is 13.5 Å². The topological polar surface area (TPSA) is 104 Å². The highest BCUT2D eigenvalue weighted by Crippen LogP contribution is 2.36. The highest BCUT2D eigenvalue weighted by atomic mass is 32.1. The molecule has 0 aliphatic heterocycles. The van der Waals surface area contributed by atoms with Gasteiger partial charge in [-0.2, -0.15) is 0 Å². The highest BCUT2D eigenvalue weighted by molar-refractivity contribution is 7.18. The number of aryl methyl sites for hydroxylation is 1. The van der Waals surface area contributed by atoms with Gasteiger partial charge in [-0.05, 0) is 36.5 Å². The van der Waals surface area contributed by atoms with E-state index < -0.39 is 5.82 Å². The molecule has 0 atom stereocenters. The largest absolute Gasteiger partial charge is 0.486 e. The SMILES string of the molecule is CNC(=O)c1ccc(-c2nc(COc3cc(F)cc4oc(-c5cn6nc(OC)sc6n5)cc34)c(C)s2)cc1. The molecule has 4 aromatic heterocycles. The number of fused-ring (bicyclic) bond motifs is 2. The fourth-order valence-electron chi connectivity index (χ4n) is 3.94. The first-order valence-electron chi connectivity index (χ1n) is 11.5. The second-order valence-electron chi connectivity index (χ2n) is 8.32. The van der Waals surface area contributed by atoms with Gasteiger partial charge in [-0.25, -0.2) is 18.9 Å². The van der Waals surface area contributed by atoms with E-state index in [0.29, 0.717) is 43.9 Å². The third-order valence-electron chi connectivity index (χ3n) is 5.89. The summed E-state index contributed by atoms with van der Waals surface area (Å²) in [7, 11) is 3.15. The van der Waals surface area contributed by atoms with Crippen LogP contribution in [0.5, 0.6) is 10.9 Å². The molecule has 0 saturated heterocycles. The maximum Gasteiger partial charge on any atom is 0.294 e. The fraction of sp³-hybridized carbons (Fsp3) is 0.154. The summed E-state index contributed by atoms with van der Waals surface area (Å²) in [5.74, 6) is 0.200. The van der Waals surface area contributed by atoms with E-state index in [2.05, 4.69) is 15.4 Å². The summed E-state index contributed by atoms with van der Waals surface area (Å²) in [6.45, 7) is 2.12. The molecule has 0 bridgehead atoms. The number of thiazole rings is 1. The predicted octanol–water partition coefficient (Wildman–Crippen LogP) is 5.72. The van der Waals surface area contributed by atoms with Crippen LogP contribution < -0.4 is 14.8 Å². The molecular formula is C26H20FN5O4S2. The molecule has 0 unspecified atom stereocenters. The van der Waals surface area contributed by atoms with Crippen LogP contribution in [-0.2, 0) is 6.61 Å². The van der Waals surface area contributed by atoms with Gasteiger partial charge >= 0.3 is 0 Å². The van der Waals surface area contributed by atoms with E-state index in [4.69, 9.17) is 18.9 Å². The Kier molecular flexibility index (Phi) is 6.04. The molecule has 0 saturated carbocycles. The molecule has 1 amide bonds. The molecule has 6 aromatic rings. The number of carbonyl (C=O) groups excluding carboxylic acids is 1. The third-order valence-corrected chi connectivity index (χ3v) is 7.84. The van der Waals surface area contributed by atoms with Gasteiger partial charge < -0.3 is 19.2 Å². The minimum absolute atomic E-state index is 0.144. The number of ether oxygens (including phenoxy) is 2. The number of benzene rings is 2. The van der Waals surface area contributed by atoms with Crippen molar-refractivity contribution in [2.24, 2.45) is 0 Å². The van der Waals surface area contributed by atoms with Crippen LogP contribution in [0.3, 0.4) is 0 Å². The molecule has 4 heterocycles. The van der Waals surface area contributed by atoms with Crippen LogP contribution in [0.2, 0.25) is 0 Å². The number of hydrogen-bond donors (Lipinski definition) is 1. The zero-order valence-corrected chi connectivity index (χ0v) is 22.1. The van der Waals surface area contributed by atoms with Gasteiger partial charge in [0.05, 0.1) is 24.4 Å². The Morgan fingerprint density at radius 2 is 1.97 bits per heavy atom. The molecule has 6 rings (SSSR count). The molecule has 1 N–H and O–H groups in total. The van der Waals surface area contributed by atoms with E-state index in [1.165, 1.54) is 34.8 Å². The van der Waals surface area contributed by atoms with Crippen molar-refractivity contribution in [3.05, 3.63) is 70.6 Å². The summed E-state index contributed by atoms with van der Waals surface area (Å²) in [6.07, 6.45) is 1.73. The smallest absolute Gasteiger partial charge is 0.294 e. The minimum Gasteiger partial charge on any atom is -0.486 e. The van der Waals surface area contributed by atoms with Crippen LogP contribution in [0.1, 0.15) is 20.9 Å². The van der Waals surface area contributed by atoms with Crippen LogP contribution in [0.4, 0.5) is 4.39 Å². The summed E-state index contributed by atoms with van der Waals surface area (Å²) >= 11 is 2.83. The van der Waals surface area contributed by atoms with Crippen LogP contribution in [0, 0.1) is 12.7 Å². The van der Waals surface area contributed by atoms with Gasteiger partial charge in [0.25, 0.3) is 11.1 Å². The first-order chi connectivity index (χ1) is 18.4. The summed E-state index contributed by atoms with van der Waals surface area (Å²) in [5.41, 5.74) is 3.14. The van der Waals surface area contributed by atoms with E-state index in [1.807, 2.05) is 19.1 Å². The van der Waals surface area contributed by atoms with Crippen molar-refractivity contribution < 1.29 is 23.1 Å². The average molecular weight is 550 g/mol. The lowest BCUT2D eigenvalue weighted by molar-refractivity contribution is 0.0963. The highest BCUT2D eigenvalue weighted by Gasteiger charge is 2.18. The van der Waals surface area contributed by atoms with Crippen molar-refractivity contribution in [2.75, 3.05) is 14.2 Å². The van der Waals surface area contributed by atoms with E-state index in [1.54, 1.807) is 43.1 Å². The molecule has 0 fully saturated rings. The van der Waals surface area contributed by atoms with Crippen molar-refractivity contribution in [1.82, 2.24) is 24.9 Å². The lowest BCUT2D eigenvalue weighted by Gasteiger charge is -2.06. The molecule has 192 valence electrons. The number of hydrogen-bond acceptors (Lipinski definition) is 9. The van der Waals surface area contributed by atoms with Gasteiger partial charge in [0, 0.05) is 35.2 Å². The Labute approximate surface area is 223 Å². The number of nitrogens with one attached hydrogen (secondary N) is 1. The van der Waals surface area contributed by atoms with Gasteiger partial charge in [-0.3, -0.25) is 4.79 Å². The standard InChI is InChI=1S/C26H20FN5O4S2/c1-13-19(29-24(37-13)15-6-4-14(5-7-15)23(33)28-2)12-35-20-8-16(27)9-21-17(20)10-22(36-21)18-11-32-25(30-18)38-26(31-32)34-3/h4-11H,12H2,1-3H3,(H,28,33). The molecular weight excluding hydrogens is 529 g/mol. The van der Waals surface area contributed by atoms with Crippen LogP contribution >= 0.6 is 22.7 Å². The zero-order chi connectivity index (χ0) is 26.4. The van der Waals surface area contributed by atoms with E-state index in [-0.39, 0.29) is 12.5 Å². The number of methoxy groups -OCH3 is 1. The number of halogens is 1. The maximum absolute atomic E-state index is 14.4. The second-order valence-corrected chi connectivity index (χ2v) is 10.4. The molecule has 0 aliphatic rings. The first kappa shape index (κ1) is 24.1. The number of furan rings is 1. The normalized spacial score (nSPS) is 11.4. The lowest BCUT2D eigenvalue weighted by atomic mass is 10.1. The van der Waals surface area contributed by atoms with Gasteiger partial charge in [0.2, 0.25) is 4.96 Å². The Morgan fingerprint density at radius 1 is 1.16 bits per heavy atom. The van der Waals surface area contributed by atoms with Gasteiger partial charge in [-0.15, -0.1) is 16.4 Å². The Morgan fingerprint density at radius 3 is 2.71 bits per heavy atom. The molecule has 2 aromatic carbocycles. The first-order valence-corrected chi connectivity index (χ1v) is 13.1. The number of nitrogens with zero attached hydrogens (tertiary/aromatic N) is 4. The number of amides is 1. The average Bonchev–Trinajstić information content (AvgIpc) is 3.68. The molecule has 0 aliphatic carbocycles. The summed E-state index contributed by atoms with van der Waals surface area (Å²) in [5, 5.41) is 8.82. The van der Waals surface area contributed by atoms with Gasteiger partial charge in [-0.1, -0.05) is 12.1 Å². The van der Waals surface area contributed by atoms with E-state index >= 15 is 0 Å². The molecule has 38 heavy (non-hydrogen) atoms. The Hall–Kier alpha value is -4.29. The minimum atomic E-state index is -0.475. The van der Waals surface area contributed by atoms with Gasteiger partial charge in [0.15, 0.2) is 5.76 Å². The summed E-state index contributed by atoms with van der Waals surface area (Å²) in [4.78, 5) is 22.7. The van der Waals surface area contributed by atoms with Crippen LogP contribution in [-0.4, -0.2) is 39.6 Å². The van der Waals surface area contributed by atoms with E-state index in [9.17, 15) is 9.18 Å². The Balaban J connectivity index is 1.25. The number of carbonyl (C=O) groups is 1. The quantitative estimate of drug-likeness (QED) is 0.272. The molecule has 9 nitrogen and oxygen atoms in total. The fourth-order valence-corrected chi connectivity index (χ4v) is 5.57. The van der Waals surface area contributed by atoms with Gasteiger partial charge in [0.1, 0.15) is 34.5 Å². The van der Waals surface area contributed by atoms with Crippen LogP contribution in [0.15, 0.2) is 53.1 Å². The Bertz CT molecular complexity index is 1770. The number of imidazole rings is 1. The maximum atomic E-state index is 14.4. The molecule has 0 spiro atoms. The van der Waals surface area contributed by atoms with Crippen molar-refractivity contribution in [3.63, 3.8) is 0 Å². The molecule has 0 radical (unpaired) electrons. The van der Waals surface area contributed by atoms with Crippen molar-refractivity contribution >= 4 is 44.5 Å². The van der Waals surface area contributed by atoms with Crippen molar-refractivity contribution in [1.29, 1.82) is 0 Å². The zero-order valence-electron chi connectivity index (χ0n) is 20.4. The lowest BCUT2D eigenvalue weighted by Crippen LogP contribution is -2.17. The third kappa shape index (κ3) is 4.37. The number of aromatic nitrogens is 4. The van der Waals surface area contributed by atoms with Crippen LogP contribution in [0.25, 0.3) is 38.0 Å². The summed E-state index contributed by atoms with van der Waals surface area (Å²) in [6, 6.07) is 11.7. The predicted molar refractivity (Wildman–Crippen MR) is 143 cm³/mol.